The fourth-order valence-electron chi connectivity index (χ4n) is 3.81. The SMILES string of the molecule is O=C1c2ccccc2S(=O)(=O)N1CCCCNCC1CC(O)c2ccccc2O1. The molecular formula is C21H24N2O5S. The first-order valence-corrected chi connectivity index (χ1v) is 11.2. The summed E-state index contributed by atoms with van der Waals surface area (Å²) in [5.74, 6) is 0.271. The minimum Gasteiger partial charge on any atom is -0.489 e. The lowest BCUT2D eigenvalue weighted by atomic mass is 9.99. The molecule has 2 N–H and O–H groups in total. The van der Waals surface area contributed by atoms with E-state index in [1.54, 1.807) is 18.2 Å². The van der Waals surface area contributed by atoms with Crippen molar-refractivity contribution in [2.75, 3.05) is 19.6 Å². The van der Waals surface area contributed by atoms with Gasteiger partial charge in [-0.3, -0.25) is 4.79 Å². The van der Waals surface area contributed by atoms with Crippen LogP contribution in [-0.2, 0) is 10.0 Å². The van der Waals surface area contributed by atoms with Crippen LogP contribution in [0.15, 0.2) is 53.4 Å². The number of carbonyl (C=O) groups excluding carboxylic acids is 1. The van der Waals surface area contributed by atoms with Crippen LogP contribution in [0.4, 0.5) is 0 Å². The van der Waals surface area contributed by atoms with E-state index in [2.05, 4.69) is 5.32 Å². The highest BCUT2D eigenvalue weighted by Gasteiger charge is 2.40. The van der Waals surface area contributed by atoms with Gasteiger partial charge in [-0.1, -0.05) is 30.3 Å². The molecule has 0 saturated heterocycles. The molecule has 0 aliphatic carbocycles. The molecule has 154 valence electrons. The Morgan fingerprint density at radius 1 is 1.10 bits per heavy atom. The van der Waals surface area contributed by atoms with Crippen LogP contribution in [0.25, 0.3) is 0 Å². The number of rotatable bonds is 7. The molecule has 2 heterocycles. The number of ether oxygens (including phenoxy) is 1. The monoisotopic (exact) mass is 416 g/mol. The summed E-state index contributed by atoms with van der Waals surface area (Å²) in [7, 11) is -3.72. The van der Waals surface area contributed by atoms with E-state index in [9.17, 15) is 18.3 Å². The number of sulfonamides is 1. The van der Waals surface area contributed by atoms with Crippen molar-refractivity contribution >= 4 is 15.9 Å². The topological polar surface area (TPSA) is 95.9 Å². The van der Waals surface area contributed by atoms with Crippen LogP contribution in [0, 0.1) is 0 Å². The number of hydrogen-bond donors (Lipinski definition) is 2. The number of aliphatic hydroxyl groups is 1. The quantitative estimate of drug-likeness (QED) is 0.671. The minimum atomic E-state index is -3.72. The van der Waals surface area contributed by atoms with Crippen molar-refractivity contribution in [2.24, 2.45) is 0 Å². The predicted octanol–water partition coefficient (Wildman–Crippen LogP) is 2.09. The lowest BCUT2D eigenvalue weighted by Gasteiger charge is -2.29. The molecule has 2 aromatic carbocycles. The first-order valence-electron chi connectivity index (χ1n) is 9.79. The third-order valence-corrected chi connectivity index (χ3v) is 7.15. The van der Waals surface area contributed by atoms with E-state index in [1.807, 2.05) is 24.3 Å². The Kier molecular flexibility index (Phi) is 5.58. The van der Waals surface area contributed by atoms with E-state index >= 15 is 0 Å². The highest BCUT2D eigenvalue weighted by atomic mass is 32.2. The van der Waals surface area contributed by atoms with Crippen LogP contribution in [0.5, 0.6) is 5.75 Å². The summed E-state index contributed by atoms with van der Waals surface area (Å²) in [6.45, 7) is 1.44. The van der Waals surface area contributed by atoms with Crippen molar-refractivity contribution in [3.63, 3.8) is 0 Å². The molecule has 2 aliphatic heterocycles. The fraction of sp³-hybridized carbons (Fsp3) is 0.381. The molecule has 4 rings (SSSR count). The third-order valence-electron chi connectivity index (χ3n) is 5.31. The van der Waals surface area contributed by atoms with Crippen LogP contribution in [-0.4, -0.2) is 49.5 Å². The molecular weight excluding hydrogens is 392 g/mol. The molecule has 0 spiro atoms. The van der Waals surface area contributed by atoms with E-state index < -0.39 is 22.0 Å². The summed E-state index contributed by atoms with van der Waals surface area (Å²) in [4.78, 5) is 12.5. The zero-order valence-corrected chi connectivity index (χ0v) is 16.8. The normalized spacial score (nSPS) is 22.1. The van der Waals surface area contributed by atoms with Gasteiger partial charge < -0.3 is 15.2 Å². The van der Waals surface area contributed by atoms with Gasteiger partial charge in [0, 0.05) is 25.1 Å². The van der Waals surface area contributed by atoms with Crippen molar-refractivity contribution in [3.05, 3.63) is 59.7 Å². The summed E-state index contributed by atoms with van der Waals surface area (Å²) in [5.41, 5.74) is 1.07. The zero-order valence-electron chi connectivity index (χ0n) is 16.0. The van der Waals surface area contributed by atoms with Crippen molar-refractivity contribution < 1.29 is 23.1 Å². The van der Waals surface area contributed by atoms with Crippen LogP contribution >= 0.6 is 0 Å². The molecule has 7 nitrogen and oxygen atoms in total. The van der Waals surface area contributed by atoms with Crippen molar-refractivity contribution in [2.45, 2.75) is 36.4 Å². The molecule has 2 unspecified atom stereocenters. The summed E-state index contributed by atoms with van der Waals surface area (Å²) in [6.07, 6.45) is 1.18. The molecule has 2 aromatic rings. The predicted molar refractivity (Wildman–Crippen MR) is 107 cm³/mol. The molecule has 0 bridgehead atoms. The molecule has 0 radical (unpaired) electrons. The molecule has 8 heteroatoms. The largest absolute Gasteiger partial charge is 0.489 e. The Bertz CT molecular complexity index is 1010. The fourth-order valence-corrected chi connectivity index (χ4v) is 5.42. The number of aliphatic hydroxyl groups excluding tert-OH is 1. The van der Waals surface area contributed by atoms with Crippen molar-refractivity contribution in [3.8, 4) is 5.75 Å². The van der Waals surface area contributed by atoms with Gasteiger partial charge in [0.15, 0.2) is 0 Å². The lowest BCUT2D eigenvalue weighted by molar-refractivity contribution is 0.0659. The Hall–Kier alpha value is -2.42. The standard InChI is InChI=1S/C21H24N2O5S/c24-18-13-15(28-19-9-3-1-7-16(18)19)14-22-11-5-6-12-23-21(25)17-8-2-4-10-20(17)29(23,26)27/h1-4,7-10,15,18,22,24H,5-6,11-14H2. The second-order valence-electron chi connectivity index (χ2n) is 7.32. The number of nitrogens with one attached hydrogen (secondary N) is 1. The number of hydrogen-bond acceptors (Lipinski definition) is 6. The molecule has 0 aromatic heterocycles. The van der Waals surface area contributed by atoms with Gasteiger partial charge in [0.25, 0.3) is 15.9 Å². The van der Waals surface area contributed by atoms with Crippen LogP contribution < -0.4 is 10.1 Å². The smallest absolute Gasteiger partial charge is 0.269 e. The van der Waals surface area contributed by atoms with Gasteiger partial charge in [-0.2, -0.15) is 0 Å². The number of nitrogens with zero attached hydrogens (tertiary/aromatic N) is 1. The number of unbranched alkanes of at least 4 members (excludes halogenated alkanes) is 1. The van der Waals surface area contributed by atoms with E-state index in [1.165, 1.54) is 6.07 Å². The zero-order chi connectivity index (χ0) is 20.4. The maximum absolute atomic E-state index is 12.5. The summed E-state index contributed by atoms with van der Waals surface area (Å²) in [5, 5.41) is 13.5. The summed E-state index contributed by atoms with van der Waals surface area (Å²) in [6, 6.07) is 13.8. The van der Waals surface area contributed by atoms with Crippen LogP contribution in [0.1, 0.15) is 41.3 Å². The number of carbonyl (C=O) groups is 1. The highest BCUT2D eigenvalue weighted by molar-refractivity contribution is 7.90. The van der Waals surface area contributed by atoms with Crippen molar-refractivity contribution in [1.29, 1.82) is 0 Å². The Labute approximate surface area is 170 Å². The minimum absolute atomic E-state index is 0.0939. The third kappa shape index (κ3) is 3.88. The molecule has 0 saturated carbocycles. The van der Waals surface area contributed by atoms with Gasteiger partial charge >= 0.3 is 0 Å². The number of amides is 1. The number of para-hydroxylation sites is 1. The molecule has 0 fully saturated rings. The average Bonchev–Trinajstić information content (AvgIpc) is 2.91. The first kappa shape index (κ1) is 19.9. The number of benzene rings is 2. The van der Waals surface area contributed by atoms with Gasteiger partial charge in [-0.05, 0) is 37.6 Å². The lowest BCUT2D eigenvalue weighted by Crippen LogP contribution is -2.36. The first-order chi connectivity index (χ1) is 14.0. The Morgan fingerprint density at radius 3 is 2.69 bits per heavy atom. The van der Waals surface area contributed by atoms with E-state index in [4.69, 9.17) is 4.74 Å². The summed E-state index contributed by atoms with van der Waals surface area (Å²) >= 11 is 0. The maximum atomic E-state index is 12.5. The van der Waals surface area contributed by atoms with Crippen LogP contribution in [0.3, 0.4) is 0 Å². The highest BCUT2D eigenvalue weighted by Crippen LogP contribution is 2.34. The Morgan fingerprint density at radius 2 is 1.86 bits per heavy atom. The second kappa shape index (κ2) is 8.14. The summed E-state index contributed by atoms with van der Waals surface area (Å²) < 4.78 is 31.9. The Balaban J connectivity index is 1.21. The maximum Gasteiger partial charge on any atom is 0.269 e. The molecule has 29 heavy (non-hydrogen) atoms. The van der Waals surface area contributed by atoms with E-state index in [-0.39, 0.29) is 23.1 Å². The second-order valence-corrected chi connectivity index (χ2v) is 9.15. The van der Waals surface area contributed by atoms with E-state index in [0.717, 1.165) is 22.0 Å². The van der Waals surface area contributed by atoms with Gasteiger partial charge in [0.05, 0.1) is 11.7 Å². The van der Waals surface area contributed by atoms with Gasteiger partial charge in [0.1, 0.15) is 16.7 Å². The van der Waals surface area contributed by atoms with Gasteiger partial charge in [0.2, 0.25) is 0 Å². The van der Waals surface area contributed by atoms with Gasteiger partial charge in [-0.15, -0.1) is 0 Å². The molecule has 2 atom stereocenters. The molecule has 1 amide bonds. The van der Waals surface area contributed by atoms with Crippen molar-refractivity contribution in [1.82, 2.24) is 9.62 Å². The van der Waals surface area contributed by atoms with Crippen LogP contribution in [0.2, 0.25) is 0 Å². The average molecular weight is 416 g/mol. The molecule has 2 aliphatic rings. The van der Waals surface area contributed by atoms with E-state index in [0.29, 0.717) is 25.9 Å². The van der Waals surface area contributed by atoms with Gasteiger partial charge in [-0.25, -0.2) is 12.7 Å². The number of fused-ring (bicyclic) bond motifs is 2.